The third-order valence-corrected chi connectivity index (χ3v) is 2.15. The molecule has 1 aliphatic heterocycles. The van der Waals surface area contributed by atoms with E-state index in [9.17, 15) is 4.79 Å². The number of amides is 2. The number of nitrogens with zero attached hydrogens (tertiary/aromatic N) is 3. The van der Waals surface area contributed by atoms with Crippen LogP contribution >= 0.6 is 15.9 Å². The summed E-state index contributed by atoms with van der Waals surface area (Å²) in [5.41, 5.74) is 0. The lowest BCUT2D eigenvalue weighted by atomic mass is 10.5. The third-order valence-electron chi connectivity index (χ3n) is 1.74. The van der Waals surface area contributed by atoms with Gasteiger partial charge in [0.2, 0.25) is 0 Å². The first-order valence-corrected chi connectivity index (χ1v) is 4.59. The highest BCUT2D eigenvalue weighted by Gasteiger charge is 2.21. The quantitative estimate of drug-likeness (QED) is 0.792. The topological polar surface area (TPSA) is 58.1 Å². The maximum Gasteiger partial charge on any atom is 0.323 e. The molecule has 5 nitrogen and oxygen atoms in total. The van der Waals surface area contributed by atoms with Crippen molar-refractivity contribution in [2.24, 2.45) is 0 Å². The summed E-state index contributed by atoms with van der Waals surface area (Å²) in [5, 5.41) is 2.69. The van der Waals surface area contributed by atoms with Gasteiger partial charge in [-0.3, -0.25) is 4.90 Å². The van der Waals surface area contributed by atoms with Crippen LogP contribution in [0, 0.1) is 0 Å². The number of anilines is 1. The van der Waals surface area contributed by atoms with Crippen molar-refractivity contribution in [1.29, 1.82) is 0 Å². The van der Waals surface area contributed by atoms with E-state index in [4.69, 9.17) is 0 Å². The summed E-state index contributed by atoms with van der Waals surface area (Å²) in [6.45, 7) is 1.31. The number of hydrogen-bond acceptors (Lipinski definition) is 3. The van der Waals surface area contributed by atoms with Gasteiger partial charge in [-0.1, -0.05) is 0 Å². The SMILES string of the molecule is O=C1NCCN1c1cnc(Br)cn1. The van der Waals surface area contributed by atoms with Gasteiger partial charge in [-0.15, -0.1) is 0 Å². The number of carbonyl (C=O) groups is 1. The van der Waals surface area contributed by atoms with Gasteiger partial charge in [0.25, 0.3) is 0 Å². The van der Waals surface area contributed by atoms with Crippen molar-refractivity contribution >= 4 is 27.8 Å². The van der Waals surface area contributed by atoms with E-state index in [0.717, 1.165) is 0 Å². The number of urea groups is 1. The molecule has 2 rings (SSSR count). The third kappa shape index (κ3) is 1.62. The molecule has 0 aliphatic carbocycles. The summed E-state index contributed by atoms with van der Waals surface area (Å²) in [6, 6.07) is -0.114. The molecule has 6 heteroatoms. The zero-order valence-corrected chi connectivity index (χ0v) is 8.28. The molecule has 0 radical (unpaired) electrons. The number of aromatic nitrogens is 2. The Kier molecular flexibility index (Phi) is 2.13. The summed E-state index contributed by atoms with van der Waals surface area (Å²) >= 11 is 3.18. The van der Waals surface area contributed by atoms with Crippen LogP contribution in [0.1, 0.15) is 0 Å². The van der Waals surface area contributed by atoms with Gasteiger partial charge >= 0.3 is 6.03 Å². The maximum atomic E-state index is 11.2. The van der Waals surface area contributed by atoms with Crippen LogP contribution in [0.3, 0.4) is 0 Å². The molecule has 0 spiro atoms. The smallest absolute Gasteiger partial charge is 0.323 e. The van der Waals surface area contributed by atoms with Gasteiger partial charge in [0.15, 0.2) is 5.82 Å². The average Bonchev–Trinajstić information content (AvgIpc) is 2.53. The van der Waals surface area contributed by atoms with Crippen LogP contribution in [-0.4, -0.2) is 29.1 Å². The van der Waals surface area contributed by atoms with Crippen LogP contribution < -0.4 is 10.2 Å². The lowest BCUT2D eigenvalue weighted by molar-refractivity contribution is 0.252. The Morgan fingerprint density at radius 2 is 2.31 bits per heavy atom. The lowest BCUT2D eigenvalue weighted by Gasteiger charge is -2.11. The first-order valence-electron chi connectivity index (χ1n) is 3.80. The van der Waals surface area contributed by atoms with Gasteiger partial charge in [-0.2, -0.15) is 0 Å². The Hall–Kier alpha value is -1.17. The Balaban J connectivity index is 2.25. The second kappa shape index (κ2) is 3.29. The summed E-state index contributed by atoms with van der Waals surface area (Å²) in [4.78, 5) is 20.8. The van der Waals surface area contributed by atoms with Crippen LogP contribution in [0.15, 0.2) is 17.0 Å². The molecule has 1 aliphatic rings. The van der Waals surface area contributed by atoms with Crippen molar-refractivity contribution in [2.75, 3.05) is 18.0 Å². The Bertz CT molecular complexity index is 326. The fraction of sp³-hybridized carbons (Fsp3) is 0.286. The minimum absolute atomic E-state index is 0.114. The molecule has 0 bridgehead atoms. The van der Waals surface area contributed by atoms with Gasteiger partial charge in [0.1, 0.15) is 4.60 Å². The molecule has 2 amide bonds. The van der Waals surface area contributed by atoms with Crippen LogP contribution in [0.4, 0.5) is 10.6 Å². The van der Waals surface area contributed by atoms with Crippen molar-refractivity contribution < 1.29 is 4.79 Å². The minimum atomic E-state index is -0.114. The van der Waals surface area contributed by atoms with Gasteiger partial charge in [-0.25, -0.2) is 14.8 Å². The second-order valence-electron chi connectivity index (χ2n) is 2.58. The Morgan fingerprint density at radius 3 is 2.85 bits per heavy atom. The highest BCUT2D eigenvalue weighted by Crippen LogP contribution is 2.13. The molecule has 0 unspecified atom stereocenters. The van der Waals surface area contributed by atoms with Gasteiger partial charge in [0, 0.05) is 13.1 Å². The monoisotopic (exact) mass is 242 g/mol. The summed E-state index contributed by atoms with van der Waals surface area (Å²) in [6.07, 6.45) is 3.13. The number of nitrogens with one attached hydrogen (secondary N) is 1. The summed E-state index contributed by atoms with van der Waals surface area (Å²) in [5.74, 6) is 0.582. The molecule has 1 aromatic rings. The molecule has 2 heterocycles. The molecule has 0 atom stereocenters. The van der Waals surface area contributed by atoms with E-state index in [2.05, 4.69) is 31.2 Å². The van der Waals surface area contributed by atoms with Crippen LogP contribution in [0.2, 0.25) is 0 Å². The molecule has 13 heavy (non-hydrogen) atoms. The standard InChI is InChI=1S/C7H7BrN4O/c8-5-3-11-6(4-10-5)12-2-1-9-7(12)13/h3-4H,1-2H2,(H,9,13). The summed E-state index contributed by atoms with van der Waals surface area (Å²) in [7, 11) is 0. The van der Waals surface area contributed by atoms with Crippen molar-refractivity contribution in [1.82, 2.24) is 15.3 Å². The molecule has 1 N–H and O–H groups in total. The summed E-state index contributed by atoms with van der Waals surface area (Å²) < 4.78 is 0.663. The lowest BCUT2D eigenvalue weighted by Crippen LogP contribution is -2.28. The van der Waals surface area contributed by atoms with E-state index >= 15 is 0 Å². The number of hydrogen-bond donors (Lipinski definition) is 1. The maximum absolute atomic E-state index is 11.2. The first-order chi connectivity index (χ1) is 6.27. The van der Waals surface area contributed by atoms with Crippen molar-refractivity contribution in [2.45, 2.75) is 0 Å². The van der Waals surface area contributed by atoms with Crippen LogP contribution in [0.5, 0.6) is 0 Å². The number of halogens is 1. The molecule has 0 saturated carbocycles. The fourth-order valence-corrected chi connectivity index (χ4v) is 1.34. The minimum Gasteiger partial charge on any atom is -0.336 e. The molecule has 1 saturated heterocycles. The largest absolute Gasteiger partial charge is 0.336 e. The van der Waals surface area contributed by atoms with Crippen LogP contribution in [0.25, 0.3) is 0 Å². The predicted molar refractivity (Wildman–Crippen MR) is 50.5 cm³/mol. The molecule has 1 fully saturated rings. The van der Waals surface area contributed by atoms with Crippen molar-refractivity contribution in [3.05, 3.63) is 17.0 Å². The van der Waals surface area contributed by atoms with Crippen molar-refractivity contribution in [3.63, 3.8) is 0 Å². The second-order valence-corrected chi connectivity index (χ2v) is 3.39. The Morgan fingerprint density at radius 1 is 1.46 bits per heavy atom. The van der Waals surface area contributed by atoms with Crippen molar-refractivity contribution in [3.8, 4) is 0 Å². The predicted octanol–water partition coefficient (Wildman–Crippen LogP) is 0.769. The number of carbonyl (C=O) groups excluding carboxylic acids is 1. The van der Waals surface area contributed by atoms with Gasteiger partial charge in [-0.05, 0) is 15.9 Å². The number of rotatable bonds is 1. The molecular weight excluding hydrogens is 236 g/mol. The molecular formula is C7H7BrN4O. The molecule has 68 valence electrons. The highest BCUT2D eigenvalue weighted by atomic mass is 79.9. The van der Waals surface area contributed by atoms with Crippen LogP contribution in [-0.2, 0) is 0 Å². The van der Waals surface area contributed by atoms with Gasteiger partial charge < -0.3 is 5.32 Å². The Labute approximate surface area is 83.3 Å². The highest BCUT2D eigenvalue weighted by molar-refractivity contribution is 9.10. The zero-order valence-electron chi connectivity index (χ0n) is 6.70. The normalized spacial score (nSPS) is 16.1. The van der Waals surface area contributed by atoms with E-state index < -0.39 is 0 Å². The fourth-order valence-electron chi connectivity index (χ4n) is 1.14. The molecule has 0 aromatic carbocycles. The van der Waals surface area contributed by atoms with E-state index in [1.807, 2.05) is 0 Å². The zero-order chi connectivity index (χ0) is 9.26. The first kappa shape index (κ1) is 8.43. The average molecular weight is 243 g/mol. The van der Waals surface area contributed by atoms with E-state index in [0.29, 0.717) is 23.5 Å². The van der Waals surface area contributed by atoms with E-state index in [-0.39, 0.29) is 6.03 Å². The molecule has 1 aromatic heterocycles. The van der Waals surface area contributed by atoms with Gasteiger partial charge in [0.05, 0.1) is 12.4 Å². The van der Waals surface area contributed by atoms with E-state index in [1.54, 1.807) is 17.3 Å². The van der Waals surface area contributed by atoms with E-state index in [1.165, 1.54) is 0 Å².